The lowest BCUT2D eigenvalue weighted by Gasteiger charge is -2.25. The van der Waals surface area contributed by atoms with Crippen LogP contribution in [0.1, 0.15) is 24.8 Å². The summed E-state index contributed by atoms with van der Waals surface area (Å²) in [6.45, 7) is 1.13. The van der Waals surface area contributed by atoms with E-state index in [2.05, 4.69) is 15.4 Å². The van der Waals surface area contributed by atoms with E-state index >= 15 is 0 Å². The van der Waals surface area contributed by atoms with Crippen molar-refractivity contribution in [3.8, 4) is 5.82 Å². The van der Waals surface area contributed by atoms with Crippen LogP contribution >= 0.6 is 0 Å². The molecule has 1 fully saturated rings. The first-order chi connectivity index (χ1) is 15.0. The Morgan fingerprint density at radius 2 is 1.90 bits per heavy atom. The number of nitrogens with one attached hydrogen (secondary N) is 1. The summed E-state index contributed by atoms with van der Waals surface area (Å²) in [5.74, 6) is 0.604. The normalized spacial score (nSPS) is 15.0. The molecular weight excluding hydrogens is 420 g/mol. The van der Waals surface area contributed by atoms with Crippen LogP contribution in [-0.4, -0.2) is 45.5 Å². The zero-order valence-corrected chi connectivity index (χ0v) is 17.5. The van der Waals surface area contributed by atoms with Crippen molar-refractivity contribution in [2.75, 3.05) is 18.4 Å². The van der Waals surface area contributed by atoms with Gasteiger partial charge >= 0.3 is 0 Å². The molecule has 0 amide bonds. The highest BCUT2D eigenvalue weighted by Gasteiger charge is 2.28. The molecule has 0 saturated carbocycles. The van der Waals surface area contributed by atoms with Crippen LogP contribution in [0.25, 0.3) is 5.82 Å². The number of hydrogen-bond donors (Lipinski definition) is 1. The molecule has 3 heterocycles. The largest absolute Gasteiger partial charge is 0.375 e. The summed E-state index contributed by atoms with van der Waals surface area (Å²) in [7, 11) is -3.76. The molecular formula is C20H22N6O4S. The molecule has 1 aromatic carbocycles. The van der Waals surface area contributed by atoms with Crippen molar-refractivity contribution >= 4 is 21.4 Å². The molecule has 0 bridgehead atoms. The number of anilines is 1. The van der Waals surface area contributed by atoms with Crippen LogP contribution in [0.3, 0.4) is 0 Å². The lowest BCUT2D eigenvalue weighted by atomic mass is 10.2. The summed E-state index contributed by atoms with van der Waals surface area (Å²) in [4.78, 5) is 15.4. The van der Waals surface area contributed by atoms with Crippen molar-refractivity contribution in [1.29, 1.82) is 0 Å². The molecule has 3 aromatic rings. The van der Waals surface area contributed by atoms with Crippen LogP contribution in [0.4, 0.5) is 11.4 Å². The maximum Gasteiger partial charge on any atom is 0.293 e. The number of rotatable bonds is 7. The third-order valence-corrected chi connectivity index (χ3v) is 7.07. The van der Waals surface area contributed by atoms with Crippen LogP contribution in [-0.2, 0) is 16.6 Å². The number of hydrogen-bond acceptors (Lipinski definition) is 7. The van der Waals surface area contributed by atoms with Crippen molar-refractivity contribution in [2.45, 2.75) is 30.7 Å². The Morgan fingerprint density at radius 1 is 1.10 bits per heavy atom. The van der Waals surface area contributed by atoms with Gasteiger partial charge in [0.1, 0.15) is 5.69 Å². The van der Waals surface area contributed by atoms with Gasteiger partial charge in [-0.25, -0.2) is 18.1 Å². The molecule has 2 aromatic heterocycles. The van der Waals surface area contributed by atoms with Gasteiger partial charge in [-0.1, -0.05) is 12.5 Å². The number of pyridine rings is 1. The van der Waals surface area contributed by atoms with E-state index in [4.69, 9.17) is 0 Å². The fraction of sp³-hybridized carbons (Fsp3) is 0.300. The molecule has 1 saturated heterocycles. The van der Waals surface area contributed by atoms with E-state index in [0.717, 1.165) is 30.9 Å². The molecule has 1 aliphatic rings. The molecule has 4 rings (SSSR count). The molecule has 162 valence electrons. The van der Waals surface area contributed by atoms with Gasteiger partial charge in [0.15, 0.2) is 5.82 Å². The Kier molecular flexibility index (Phi) is 5.96. The zero-order chi connectivity index (χ0) is 21.8. The minimum absolute atomic E-state index is 0.0646. The van der Waals surface area contributed by atoms with Gasteiger partial charge < -0.3 is 5.32 Å². The molecule has 0 unspecified atom stereocenters. The van der Waals surface area contributed by atoms with E-state index in [-0.39, 0.29) is 22.8 Å². The van der Waals surface area contributed by atoms with E-state index in [9.17, 15) is 18.5 Å². The second kappa shape index (κ2) is 8.82. The Morgan fingerprint density at radius 3 is 2.61 bits per heavy atom. The fourth-order valence-corrected chi connectivity index (χ4v) is 5.12. The average molecular weight is 443 g/mol. The lowest BCUT2D eigenvalue weighted by molar-refractivity contribution is -0.384. The van der Waals surface area contributed by atoms with Crippen molar-refractivity contribution < 1.29 is 13.3 Å². The van der Waals surface area contributed by atoms with E-state index in [1.807, 2.05) is 6.07 Å². The van der Waals surface area contributed by atoms with Crippen LogP contribution in [0.5, 0.6) is 0 Å². The second-order valence-electron chi connectivity index (χ2n) is 7.19. The van der Waals surface area contributed by atoms with Gasteiger partial charge in [-0.15, -0.1) is 0 Å². The quantitative estimate of drug-likeness (QED) is 0.441. The van der Waals surface area contributed by atoms with E-state index < -0.39 is 14.9 Å². The van der Waals surface area contributed by atoms with Gasteiger partial charge in [0.25, 0.3) is 5.69 Å². The zero-order valence-electron chi connectivity index (χ0n) is 16.7. The summed E-state index contributed by atoms with van der Waals surface area (Å²) in [5, 5.41) is 18.9. The minimum atomic E-state index is -3.76. The Bertz CT molecular complexity index is 1170. The summed E-state index contributed by atoms with van der Waals surface area (Å²) in [6, 6.07) is 9.38. The number of nitro benzene ring substituents is 1. The van der Waals surface area contributed by atoms with Crippen molar-refractivity contribution in [1.82, 2.24) is 19.1 Å². The second-order valence-corrected chi connectivity index (χ2v) is 9.13. The van der Waals surface area contributed by atoms with Gasteiger partial charge in [-0.3, -0.25) is 10.1 Å². The molecule has 0 radical (unpaired) electrons. The highest BCUT2D eigenvalue weighted by molar-refractivity contribution is 7.89. The van der Waals surface area contributed by atoms with Crippen LogP contribution in [0.2, 0.25) is 0 Å². The molecule has 0 spiro atoms. The monoisotopic (exact) mass is 442 g/mol. The van der Waals surface area contributed by atoms with Gasteiger partial charge in [-0.2, -0.15) is 9.40 Å². The Balaban J connectivity index is 1.60. The SMILES string of the molecule is O=[N+]([O-])c1cc(S(=O)(=O)N2CCCCC2)ccc1NCc1cccnc1-n1cccn1. The third-order valence-electron chi connectivity index (χ3n) is 5.18. The van der Waals surface area contributed by atoms with Crippen LogP contribution in [0, 0.1) is 10.1 Å². The van der Waals surface area contributed by atoms with E-state index in [1.54, 1.807) is 35.4 Å². The Hall–Kier alpha value is -3.31. The number of nitro groups is 1. The highest BCUT2D eigenvalue weighted by atomic mass is 32.2. The van der Waals surface area contributed by atoms with Gasteiger partial charge in [-0.05, 0) is 37.1 Å². The van der Waals surface area contributed by atoms with Crippen LogP contribution < -0.4 is 5.32 Å². The first-order valence-corrected chi connectivity index (χ1v) is 11.4. The number of benzene rings is 1. The van der Waals surface area contributed by atoms with Crippen molar-refractivity contribution in [3.63, 3.8) is 0 Å². The van der Waals surface area contributed by atoms with Crippen molar-refractivity contribution in [2.24, 2.45) is 0 Å². The first-order valence-electron chi connectivity index (χ1n) is 9.93. The highest BCUT2D eigenvalue weighted by Crippen LogP contribution is 2.30. The molecule has 0 atom stereocenters. The van der Waals surface area contributed by atoms with E-state index in [1.165, 1.54) is 16.4 Å². The van der Waals surface area contributed by atoms with Crippen LogP contribution in [0.15, 0.2) is 59.9 Å². The molecule has 0 aliphatic carbocycles. The van der Waals surface area contributed by atoms with Gasteiger partial charge in [0.2, 0.25) is 10.0 Å². The summed E-state index contributed by atoms with van der Waals surface area (Å²) >= 11 is 0. The van der Waals surface area contributed by atoms with E-state index in [0.29, 0.717) is 18.9 Å². The fourth-order valence-electron chi connectivity index (χ4n) is 3.59. The smallest absolute Gasteiger partial charge is 0.293 e. The predicted molar refractivity (Wildman–Crippen MR) is 114 cm³/mol. The predicted octanol–water partition coefficient (Wildman–Crippen LogP) is 2.96. The minimum Gasteiger partial charge on any atom is -0.375 e. The first kappa shape index (κ1) is 20.9. The van der Waals surface area contributed by atoms with Crippen molar-refractivity contribution in [3.05, 3.63) is 70.7 Å². The standard InChI is InChI=1S/C20H22N6O4S/c27-26(28)19-14-17(31(29,30)24-11-2-1-3-12-24)7-8-18(19)22-15-16-6-4-9-21-20(16)25-13-5-10-23-25/h4-10,13-14,22H,1-3,11-12,15H2. The van der Waals surface area contributed by atoms with Gasteiger partial charge in [0.05, 0.1) is 9.82 Å². The molecule has 31 heavy (non-hydrogen) atoms. The number of piperidine rings is 1. The number of nitrogens with zero attached hydrogens (tertiary/aromatic N) is 5. The molecule has 1 aliphatic heterocycles. The number of aromatic nitrogens is 3. The molecule has 11 heteroatoms. The average Bonchev–Trinajstić information content (AvgIpc) is 3.33. The summed E-state index contributed by atoms with van der Waals surface area (Å²) in [6.07, 6.45) is 7.62. The summed E-state index contributed by atoms with van der Waals surface area (Å²) < 4.78 is 28.8. The lowest BCUT2D eigenvalue weighted by Crippen LogP contribution is -2.35. The topological polar surface area (TPSA) is 123 Å². The Labute approximate surface area is 179 Å². The maximum absolute atomic E-state index is 12.9. The maximum atomic E-state index is 12.9. The third kappa shape index (κ3) is 4.42. The number of sulfonamides is 1. The molecule has 1 N–H and O–H groups in total. The van der Waals surface area contributed by atoms with Gasteiger partial charge in [0, 0.05) is 49.9 Å². The molecule has 10 nitrogen and oxygen atoms in total. The summed E-state index contributed by atoms with van der Waals surface area (Å²) in [5.41, 5.74) is 0.728.